The smallest absolute Gasteiger partial charge is 0.0975 e. The Hall–Kier alpha value is -1.01. The third-order valence-electron chi connectivity index (χ3n) is 4.94. The minimum Gasteiger partial charge on any atom is -0.318 e. The van der Waals surface area contributed by atoms with Gasteiger partial charge in [0.05, 0.1) is 19.0 Å². The zero-order valence-electron chi connectivity index (χ0n) is 13.7. The summed E-state index contributed by atoms with van der Waals surface area (Å²) in [5, 5.41) is 10.5. The van der Waals surface area contributed by atoms with E-state index in [9.17, 15) is 8.78 Å². The number of aromatic nitrogens is 2. The van der Waals surface area contributed by atoms with Crippen molar-refractivity contribution in [2.45, 2.75) is 38.1 Å². The number of likely N-dealkylation sites (N-methyl/N-ethyl adjacent to an activating group) is 2. The molecule has 0 unspecified atom stereocenters. The average molecular weight is 314 g/mol. The van der Waals surface area contributed by atoms with Gasteiger partial charge in [-0.15, -0.1) is 0 Å². The summed E-state index contributed by atoms with van der Waals surface area (Å²) in [6.45, 7) is 1.68. The van der Waals surface area contributed by atoms with Crippen LogP contribution in [0.2, 0.25) is 0 Å². The fourth-order valence-electron chi connectivity index (χ4n) is 3.28. The van der Waals surface area contributed by atoms with E-state index in [1.54, 1.807) is 0 Å². The van der Waals surface area contributed by atoms with E-state index >= 15 is 0 Å². The number of nitrogens with one attached hydrogen (secondary N) is 2. The summed E-state index contributed by atoms with van der Waals surface area (Å²) in [6.07, 6.45) is 4.84. The SMILES string of the molecule is CNCCN(C)Cc1c[nH]nc1C1CCC(CF)(CF)CC1. The third-order valence-corrected chi connectivity index (χ3v) is 4.94. The van der Waals surface area contributed by atoms with E-state index in [-0.39, 0.29) is 0 Å². The van der Waals surface area contributed by atoms with E-state index < -0.39 is 18.8 Å². The molecule has 4 nitrogen and oxygen atoms in total. The standard InChI is InChI=1S/C16H28F2N4/c1-19-7-8-22(2)10-14-9-20-21-15(14)13-3-5-16(11-17,12-18)6-4-13/h9,13,19H,3-8,10-12H2,1-2H3,(H,20,21). The van der Waals surface area contributed by atoms with Crippen LogP contribution in [0.4, 0.5) is 8.78 Å². The fourth-order valence-corrected chi connectivity index (χ4v) is 3.28. The van der Waals surface area contributed by atoms with Crippen molar-refractivity contribution in [3.8, 4) is 0 Å². The Labute approximate surface area is 131 Å². The summed E-state index contributed by atoms with van der Waals surface area (Å²) >= 11 is 0. The van der Waals surface area contributed by atoms with Gasteiger partial charge < -0.3 is 10.2 Å². The van der Waals surface area contributed by atoms with Gasteiger partial charge in [0.1, 0.15) is 0 Å². The monoisotopic (exact) mass is 314 g/mol. The minimum absolute atomic E-state index is 0.324. The highest BCUT2D eigenvalue weighted by atomic mass is 19.1. The Balaban J connectivity index is 1.95. The number of H-pyrrole nitrogens is 1. The van der Waals surface area contributed by atoms with Crippen LogP contribution in [0.1, 0.15) is 42.9 Å². The van der Waals surface area contributed by atoms with E-state index in [4.69, 9.17) is 0 Å². The zero-order valence-corrected chi connectivity index (χ0v) is 13.7. The summed E-state index contributed by atoms with van der Waals surface area (Å²) < 4.78 is 26.2. The number of alkyl halides is 2. The molecule has 1 aromatic heterocycles. The lowest BCUT2D eigenvalue weighted by Gasteiger charge is -2.35. The lowest BCUT2D eigenvalue weighted by atomic mass is 9.71. The number of hydrogen-bond donors (Lipinski definition) is 2. The van der Waals surface area contributed by atoms with Crippen LogP contribution in [-0.4, -0.2) is 55.6 Å². The largest absolute Gasteiger partial charge is 0.318 e. The van der Waals surface area contributed by atoms with E-state index in [2.05, 4.69) is 27.5 Å². The molecule has 1 aliphatic rings. The molecule has 0 radical (unpaired) electrons. The molecule has 0 amide bonds. The summed E-state index contributed by atoms with van der Waals surface area (Å²) in [5.41, 5.74) is 1.57. The molecule has 0 bridgehead atoms. The molecular weight excluding hydrogens is 286 g/mol. The Kier molecular flexibility index (Phi) is 6.32. The van der Waals surface area contributed by atoms with Gasteiger partial charge in [-0.05, 0) is 39.8 Å². The van der Waals surface area contributed by atoms with Gasteiger partial charge in [-0.3, -0.25) is 13.9 Å². The summed E-state index contributed by atoms with van der Waals surface area (Å²) in [5.74, 6) is 0.324. The van der Waals surface area contributed by atoms with Crippen molar-refractivity contribution in [1.29, 1.82) is 0 Å². The highest BCUT2D eigenvalue weighted by molar-refractivity contribution is 5.21. The van der Waals surface area contributed by atoms with Crippen molar-refractivity contribution in [2.75, 3.05) is 40.5 Å². The molecule has 22 heavy (non-hydrogen) atoms. The fraction of sp³-hybridized carbons (Fsp3) is 0.812. The van der Waals surface area contributed by atoms with Gasteiger partial charge in [-0.2, -0.15) is 5.10 Å². The Morgan fingerprint density at radius 3 is 2.64 bits per heavy atom. The van der Waals surface area contributed by atoms with Gasteiger partial charge in [0.2, 0.25) is 0 Å². The summed E-state index contributed by atoms with van der Waals surface area (Å²) in [6, 6.07) is 0. The molecular formula is C16H28F2N4. The van der Waals surface area contributed by atoms with Crippen LogP contribution in [0.15, 0.2) is 6.20 Å². The second-order valence-corrected chi connectivity index (χ2v) is 6.68. The maximum atomic E-state index is 13.1. The van der Waals surface area contributed by atoms with Crippen LogP contribution in [-0.2, 0) is 6.54 Å². The van der Waals surface area contributed by atoms with Crippen LogP contribution in [0, 0.1) is 5.41 Å². The van der Waals surface area contributed by atoms with Crippen LogP contribution in [0.5, 0.6) is 0 Å². The van der Waals surface area contributed by atoms with Gasteiger partial charge in [0, 0.05) is 42.7 Å². The molecule has 1 aliphatic carbocycles. The van der Waals surface area contributed by atoms with E-state index in [0.29, 0.717) is 18.8 Å². The van der Waals surface area contributed by atoms with Crippen molar-refractivity contribution in [3.63, 3.8) is 0 Å². The van der Waals surface area contributed by atoms with Gasteiger partial charge in [-0.25, -0.2) is 0 Å². The van der Waals surface area contributed by atoms with Crippen molar-refractivity contribution >= 4 is 0 Å². The topological polar surface area (TPSA) is 44.0 Å². The predicted molar refractivity (Wildman–Crippen MR) is 84.4 cm³/mol. The van der Waals surface area contributed by atoms with Crippen LogP contribution in [0.25, 0.3) is 0 Å². The molecule has 1 aromatic rings. The van der Waals surface area contributed by atoms with Crippen LogP contribution in [0.3, 0.4) is 0 Å². The first-order valence-electron chi connectivity index (χ1n) is 8.12. The first-order valence-corrected chi connectivity index (χ1v) is 8.12. The molecule has 6 heteroatoms. The molecule has 0 aromatic carbocycles. The maximum Gasteiger partial charge on any atom is 0.0975 e. The lowest BCUT2D eigenvalue weighted by Crippen LogP contribution is -2.31. The second-order valence-electron chi connectivity index (χ2n) is 6.68. The maximum absolute atomic E-state index is 13.1. The Bertz CT molecular complexity index is 435. The first kappa shape index (κ1) is 17.3. The molecule has 0 atom stereocenters. The molecule has 2 rings (SSSR count). The van der Waals surface area contributed by atoms with Gasteiger partial charge in [0.25, 0.3) is 0 Å². The minimum atomic E-state index is -0.726. The average Bonchev–Trinajstić information content (AvgIpc) is 3.01. The number of hydrogen-bond acceptors (Lipinski definition) is 3. The number of aromatic amines is 1. The second kappa shape index (κ2) is 8.02. The third kappa shape index (κ3) is 4.04. The van der Waals surface area contributed by atoms with Gasteiger partial charge in [-0.1, -0.05) is 0 Å². The lowest BCUT2D eigenvalue weighted by molar-refractivity contribution is 0.0914. The highest BCUT2D eigenvalue weighted by Crippen LogP contribution is 2.43. The quantitative estimate of drug-likeness (QED) is 0.775. The zero-order chi connectivity index (χ0) is 16.0. The van der Waals surface area contributed by atoms with Crippen molar-refractivity contribution in [2.24, 2.45) is 5.41 Å². The molecule has 1 heterocycles. The van der Waals surface area contributed by atoms with Gasteiger partial charge in [0.15, 0.2) is 0 Å². The Morgan fingerprint density at radius 2 is 2.05 bits per heavy atom. The van der Waals surface area contributed by atoms with Crippen molar-refractivity contribution < 1.29 is 8.78 Å². The van der Waals surface area contributed by atoms with Crippen molar-refractivity contribution in [1.82, 2.24) is 20.4 Å². The normalized spacial score (nSPS) is 19.0. The highest BCUT2D eigenvalue weighted by Gasteiger charge is 2.37. The first-order chi connectivity index (χ1) is 10.6. The number of nitrogens with zero attached hydrogens (tertiary/aromatic N) is 2. The van der Waals surface area contributed by atoms with Gasteiger partial charge >= 0.3 is 0 Å². The molecule has 126 valence electrons. The van der Waals surface area contributed by atoms with E-state index in [1.165, 1.54) is 5.56 Å². The molecule has 0 aliphatic heterocycles. The van der Waals surface area contributed by atoms with Crippen LogP contribution >= 0.6 is 0 Å². The predicted octanol–water partition coefficient (Wildman–Crippen LogP) is 2.64. The number of halogens is 2. The number of rotatable bonds is 8. The summed E-state index contributed by atoms with van der Waals surface area (Å²) in [4.78, 5) is 2.25. The molecule has 1 saturated carbocycles. The molecule has 0 spiro atoms. The Morgan fingerprint density at radius 1 is 1.36 bits per heavy atom. The molecule has 0 saturated heterocycles. The molecule has 1 fully saturated rings. The molecule has 2 N–H and O–H groups in total. The van der Waals surface area contributed by atoms with Crippen molar-refractivity contribution in [3.05, 3.63) is 17.5 Å². The van der Waals surface area contributed by atoms with E-state index in [1.807, 2.05) is 13.2 Å². The van der Waals surface area contributed by atoms with E-state index in [0.717, 1.165) is 38.2 Å². The summed E-state index contributed by atoms with van der Waals surface area (Å²) in [7, 11) is 4.04. The van der Waals surface area contributed by atoms with Crippen LogP contribution < -0.4 is 5.32 Å².